The van der Waals surface area contributed by atoms with Crippen molar-refractivity contribution in [3.05, 3.63) is 0 Å². The zero-order chi connectivity index (χ0) is 10.3. The van der Waals surface area contributed by atoms with Gasteiger partial charge in [0.05, 0.1) is 0 Å². The first-order chi connectivity index (χ1) is 6.02. The molecule has 0 aromatic rings. The molecular weight excluding hydrogens is 182 g/mol. The van der Waals surface area contributed by atoms with Crippen LogP contribution in [-0.2, 0) is 10.8 Å². The van der Waals surface area contributed by atoms with Gasteiger partial charge in [-0.25, -0.2) is 0 Å². The van der Waals surface area contributed by atoms with Gasteiger partial charge < -0.3 is 5.32 Å². The first-order valence-electron chi connectivity index (χ1n) is 5.05. The Hall–Kier alpha value is 0.110. The number of hydrogen-bond acceptors (Lipinski definition) is 2. The first kappa shape index (κ1) is 13.1. The third kappa shape index (κ3) is 10.0. The van der Waals surface area contributed by atoms with E-state index in [-0.39, 0.29) is 0 Å². The standard InChI is InChI=1S/C10H23NOS/c1-9(2)5-6-10(3)11-7-8-13(4)12/h9-11H,5-8H2,1-4H3. The lowest BCUT2D eigenvalue weighted by molar-refractivity contribution is 0.460. The molecule has 0 bridgehead atoms. The summed E-state index contributed by atoms with van der Waals surface area (Å²) in [6.07, 6.45) is 4.23. The lowest BCUT2D eigenvalue weighted by Crippen LogP contribution is -2.29. The van der Waals surface area contributed by atoms with Crippen LogP contribution < -0.4 is 5.32 Å². The van der Waals surface area contributed by atoms with Crippen molar-refractivity contribution in [1.82, 2.24) is 5.32 Å². The van der Waals surface area contributed by atoms with Crippen LogP contribution in [0.25, 0.3) is 0 Å². The molecule has 3 heteroatoms. The van der Waals surface area contributed by atoms with Gasteiger partial charge in [-0.3, -0.25) is 4.21 Å². The van der Waals surface area contributed by atoms with Crippen LogP contribution in [0.2, 0.25) is 0 Å². The summed E-state index contributed by atoms with van der Waals surface area (Å²) in [6.45, 7) is 7.56. The van der Waals surface area contributed by atoms with Gasteiger partial charge in [0.1, 0.15) is 0 Å². The highest BCUT2D eigenvalue weighted by atomic mass is 32.2. The molecule has 0 aromatic heterocycles. The van der Waals surface area contributed by atoms with Crippen molar-refractivity contribution in [2.75, 3.05) is 18.6 Å². The largest absolute Gasteiger partial charge is 0.313 e. The molecule has 0 spiro atoms. The molecule has 1 N–H and O–H groups in total. The zero-order valence-electron chi connectivity index (χ0n) is 9.30. The molecule has 0 saturated heterocycles. The van der Waals surface area contributed by atoms with Gasteiger partial charge in [0.15, 0.2) is 0 Å². The predicted molar refractivity (Wildman–Crippen MR) is 60.5 cm³/mol. The minimum atomic E-state index is -0.657. The molecule has 80 valence electrons. The monoisotopic (exact) mass is 205 g/mol. The molecule has 0 fully saturated rings. The normalized spacial score (nSPS) is 16.1. The van der Waals surface area contributed by atoms with Crippen molar-refractivity contribution < 1.29 is 4.21 Å². The Morgan fingerprint density at radius 3 is 2.31 bits per heavy atom. The van der Waals surface area contributed by atoms with Crippen LogP contribution in [-0.4, -0.2) is 28.8 Å². The molecule has 2 atom stereocenters. The van der Waals surface area contributed by atoms with Gasteiger partial charge in [-0.1, -0.05) is 13.8 Å². The van der Waals surface area contributed by atoms with Crippen molar-refractivity contribution in [2.24, 2.45) is 5.92 Å². The molecule has 0 aliphatic rings. The van der Waals surface area contributed by atoms with Crippen LogP contribution in [0, 0.1) is 5.92 Å². The van der Waals surface area contributed by atoms with Crippen molar-refractivity contribution in [3.63, 3.8) is 0 Å². The van der Waals surface area contributed by atoms with Crippen LogP contribution >= 0.6 is 0 Å². The van der Waals surface area contributed by atoms with Crippen LogP contribution in [0.15, 0.2) is 0 Å². The van der Waals surface area contributed by atoms with Crippen molar-refractivity contribution in [3.8, 4) is 0 Å². The second kappa shape index (κ2) is 7.51. The molecule has 0 amide bonds. The molecule has 0 aromatic carbocycles. The zero-order valence-corrected chi connectivity index (χ0v) is 10.1. The fraction of sp³-hybridized carbons (Fsp3) is 1.00. The topological polar surface area (TPSA) is 29.1 Å². The Kier molecular flexibility index (Phi) is 7.57. The highest BCUT2D eigenvalue weighted by molar-refractivity contribution is 7.84. The van der Waals surface area contributed by atoms with Gasteiger partial charge in [0.2, 0.25) is 0 Å². The Bertz CT molecular complexity index is 148. The van der Waals surface area contributed by atoms with E-state index in [1.54, 1.807) is 6.26 Å². The van der Waals surface area contributed by atoms with Crippen LogP contribution in [0.1, 0.15) is 33.6 Å². The van der Waals surface area contributed by atoms with E-state index >= 15 is 0 Å². The van der Waals surface area contributed by atoms with Crippen LogP contribution in [0.3, 0.4) is 0 Å². The fourth-order valence-electron chi connectivity index (χ4n) is 1.13. The minimum Gasteiger partial charge on any atom is -0.313 e. The quantitative estimate of drug-likeness (QED) is 0.686. The van der Waals surface area contributed by atoms with Crippen LogP contribution in [0.4, 0.5) is 0 Å². The third-order valence-electron chi connectivity index (χ3n) is 2.06. The van der Waals surface area contributed by atoms with E-state index < -0.39 is 10.8 Å². The second-order valence-corrected chi connectivity index (χ2v) is 5.66. The Morgan fingerprint density at radius 1 is 1.23 bits per heavy atom. The van der Waals surface area contributed by atoms with Gasteiger partial charge >= 0.3 is 0 Å². The lowest BCUT2D eigenvalue weighted by atomic mass is 10.0. The summed E-state index contributed by atoms with van der Waals surface area (Å²) in [5.41, 5.74) is 0. The van der Waals surface area contributed by atoms with Crippen molar-refractivity contribution >= 4 is 10.8 Å². The van der Waals surface area contributed by atoms with E-state index in [9.17, 15) is 4.21 Å². The van der Waals surface area contributed by atoms with E-state index in [4.69, 9.17) is 0 Å². The molecule has 2 nitrogen and oxygen atoms in total. The SMILES string of the molecule is CC(C)CCC(C)NCCS(C)=O. The van der Waals surface area contributed by atoms with E-state index in [2.05, 4.69) is 26.1 Å². The number of rotatable bonds is 7. The number of hydrogen-bond donors (Lipinski definition) is 1. The molecule has 0 heterocycles. The summed E-state index contributed by atoms with van der Waals surface area (Å²) in [4.78, 5) is 0. The maximum absolute atomic E-state index is 10.8. The average Bonchev–Trinajstić information content (AvgIpc) is 2.00. The minimum absolute atomic E-state index is 0.561. The van der Waals surface area contributed by atoms with E-state index in [1.807, 2.05) is 0 Å². The molecule has 2 unspecified atom stereocenters. The summed E-state index contributed by atoms with van der Waals surface area (Å²) in [5, 5.41) is 3.38. The smallest absolute Gasteiger partial charge is 0.0357 e. The van der Waals surface area contributed by atoms with E-state index in [0.29, 0.717) is 6.04 Å². The molecule has 13 heavy (non-hydrogen) atoms. The summed E-state index contributed by atoms with van der Waals surface area (Å²) < 4.78 is 10.8. The maximum atomic E-state index is 10.8. The lowest BCUT2D eigenvalue weighted by Gasteiger charge is -2.14. The summed E-state index contributed by atoms with van der Waals surface area (Å²) >= 11 is 0. The Balaban J connectivity index is 3.29. The van der Waals surface area contributed by atoms with Gasteiger partial charge in [0.25, 0.3) is 0 Å². The Morgan fingerprint density at radius 2 is 1.85 bits per heavy atom. The van der Waals surface area contributed by atoms with Crippen molar-refractivity contribution in [1.29, 1.82) is 0 Å². The maximum Gasteiger partial charge on any atom is 0.0357 e. The molecule has 0 rings (SSSR count). The highest BCUT2D eigenvalue weighted by Crippen LogP contribution is 2.05. The predicted octanol–water partition coefficient (Wildman–Crippen LogP) is 1.78. The first-order valence-corrected chi connectivity index (χ1v) is 6.78. The van der Waals surface area contributed by atoms with E-state index in [1.165, 1.54) is 12.8 Å². The van der Waals surface area contributed by atoms with Gasteiger partial charge in [-0.05, 0) is 25.7 Å². The van der Waals surface area contributed by atoms with Gasteiger partial charge in [-0.15, -0.1) is 0 Å². The molecule has 0 aliphatic heterocycles. The highest BCUT2D eigenvalue weighted by Gasteiger charge is 2.02. The third-order valence-corrected chi connectivity index (χ3v) is 2.84. The van der Waals surface area contributed by atoms with E-state index in [0.717, 1.165) is 18.2 Å². The molecule has 0 aliphatic carbocycles. The van der Waals surface area contributed by atoms with Gasteiger partial charge in [-0.2, -0.15) is 0 Å². The molecule has 0 radical (unpaired) electrons. The van der Waals surface area contributed by atoms with Crippen LogP contribution in [0.5, 0.6) is 0 Å². The fourth-order valence-corrected chi connectivity index (χ4v) is 1.54. The molecule has 0 saturated carbocycles. The van der Waals surface area contributed by atoms with Gasteiger partial charge in [0, 0.05) is 35.4 Å². The van der Waals surface area contributed by atoms with Crippen molar-refractivity contribution in [2.45, 2.75) is 39.7 Å². The summed E-state index contributed by atoms with van der Waals surface area (Å²) in [5.74, 6) is 1.55. The second-order valence-electron chi connectivity index (χ2n) is 4.10. The summed E-state index contributed by atoms with van der Waals surface area (Å²) in [6, 6.07) is 0.561. The average molecular weight is 205 g/mol. The Labute approximate surface area is 84.9 Å². The number of nitrogens with one attached hydrogen (secondary N) is 1. The summed E-state index contributed by atoms with van der Waals surface area (Å²) in [7, 11) is -0.657. The molecular formula is C10H23NOS.